The molecule has 1 unspecified atom stereocenters. The molecule has 3 atom stereocenters. The number of oxazole rings is 1. The summed E-state index contributed by atoms with van der Waals surface area (Å²) in [7, 11) is 0. The Hall–Kier alpha value is -6.08. The predicted octanol–water partition coefficient (Wildman–Crippen LogP) is 9.52. The standard InChI is InChI=1S/C53H58N8O3S/c1-35-36(2)65-53-49(35)51(56-47(34-48-55-25-32-64-48)52-58-57-37(3)61(52)53)40-11-16-42(17-12-40)60-28-8-27-59(29-30-60)26-7-23-54-24-31-63-44-19-13-39(14-20-44)50-45(38-9-5-4-6-10-38)21-15-41-33-43(62)18-22-46(41)50/h4-6,9-14,16-20,22,25,32-33,45,47,50,54,62H,7-8,15,21,23-24,26-31,34H2,1-3H3/t45-,47?,50+/m1/s1. The summed E-state index contributed by atoms with van der Waals surface area (Å²) in [6, 6.07) is 34.2. The first-order valence-corrected chi connectivity index (χ1v) is 24.1. The molecule has 12 heteroatoms. The Morgan fingerprint density at radius 3 is 2.54 bits per heavy atom. The van der Waals surface area contributed by atoms with E-state index in [-0.39, 0.29) is 12.0 Å². The zero-order chi connectivity index (χ0) is 44.3. The number of aromatic nitrogens is 4. The maximum Gasteiger partial charge on any atom is 0.196 e. The first-order chi connectivity index (χ1) is 31.9. The van der Waals surface area contributed by atoms with Crippen molar-refractivity contribution in [1.29, 1.82) is 0 Å². The van der Waals surface area contributed by atoms with Gasteiger partial charge in [-0.25, -0.2) is 4.98 Å². The number of nitrogens with zero attached hydrogens (tertiary/aromatic N) is 7. The minimum Gasteiger partial charge on any atom is -0.508 e. The third-order valence-corrected chi connectivity index (χ3v) is 14.8. The lowest BCUT2D eigenvalue weighted by Gasteiger charge is -2.34. The van der Waals surface area contributed by atoms with Crippen LogP contribution in [0, 0.1) is 20.8 Å². The first-order valence-electron chi connectivity index (χ1n) is 23.2. The first kappa shape index (κ1) is 42.8. The minimum atomic E-state index is -0.286. The van der Waals surface area contributed by atoms with Crippen LogP contribution in [0.15, 0.2) is 119 Å². The molecule has 0 bridgehead atoms. The summed E-state index contributed by atoms with van der Waals surface area (Å²) in [6.45, 7) is 14.1. The number of ether oxygens (including phenoxy) is 1. The fraction of sp³-hybridized carbons (Fsp3) is 0.358. The third-order valence-electron chi connectivity index (χ3n) is 13.6. The Labute approximate surface area is 385 Å². The quantitative estimate of drug-likeness (QED) is 0.103. The second-order valence-electron chi connectivity index (χ2n) is 17.7. The topological polar surface area (TPSA) is 117 Å². The molecule has 0 radical (unpaired) electrons. The number of rotatable bonds is 14. The third kappa shape index (κ3) is 9.12. The molecule has 1 saturated heterocycles. The normalized spacial score (nSPS) is 18.6. The summed E-state index contributed by atoms with van der Waals surface area (Å²) in [6.07, 6.45) is 8.06. The van der Waals surface area contributed by atoms with Crippen molar-refractivity contribution in [1.82, 2.24) is 30.0 Å². The molecular weight excluding hydrogens is 829 g/mol. The summed E-state index contributed by atoms with van der Waals surface area (Å²) in [4.78, 5) is 16.3. The molecule has 1 fully saturated rings. The predicted molar refractivity (Wildman–Crippen MR) is 259 cm³/mol. The molecule has 0 amide bonds. The molecule has 7 aromatic rings. The fourth-order valence-electron chi connectivity index (χ4n) is 10.2. The van der Waals surface area contributed by atoms with Crippen molar-refractivity contribution in [3.05, 3.63) is 171 Å². The molecule has 5 heterocycles. The van der Waals surface area contributed by atoms with Crippen LogP contribution in [-0.4, -0.2) is 87.9 Å². The van der Waals surface area contributed by atoms with Gasteiger partial charge in [-0.3, -0.25) is 9.56 Å². The van der Waals surface area contributed by atoms with Crippen LogP contribution in [-0.2, 0) is 12.8 Å². The number of hydrogen-bond donors (Lipinski definition) is 2. The van der Waals surface area contributed by atoms with Gasteiger partial charge < -0.3 is 29.4 Å². The zero-order valence-electron chi connectivity index (χ0n) is 37.6. The highest BCUT2D eigenvalue weighted by Gasteiger charge is 2.34. The summed E-state index contributed by atoms with van der Waals surface area (Å²) in [5.74, 6) is 4.16. The Morgan fingerprint density at radius 1 is 0.877 bits per heavy atom. The van der Waals surface area contributed by atoms with Crippen molar-refractivity contribution in [3.8, 4) is 16.5 Å². The summed E-state index contributed by atoms with van der Waals surface area (Å²) in [5, 5.41) is 24.0. The van der Waals surface area contributed by atoms with Crippen LogP contribution in [0.2, 0.25) is 0 Å². The van der Waals surface area contributed by atoms with Gasteiger partial charge in [0.15, 0.2) is 11.7 Å². The van der Waals surface area contributed by atoms with E-state index in [4.69, 9.17) is 14.1 Å². The summed E-state index contributed by atoms with van der Waals surface area (Å²) in [5.41, 5.74) is 10.9. The van der Waals surface area contributed by atoms with Crippen LogP contribution >= 0.6 is 11.3 Å². The largest absolute Gasteiger partial charge is 0.508 e. The average Bonchev–Trinajstić information content (AvgIpc) is 3.98. The lowest BCUT2D eigenvalue weighted by molar-refractivity contribution is 0.282. The van der Waals surface area contributed by atoms with Crippen molar-refractivity contribution in [2.75, 3.05) is 57.3 Å². The van der Waals surface area contributed by atoms with Crippen LogP contribution in [0.1, 0.15) is 98.5 Å². The van der Waals surface area contributed by atoms with Crippen LogP contribution in [0.5, 0.6) is 11.5 Å². The molecule has 3 aliphatic rings. The van der Waals surface area contributed by atoms with Crippen molar-refractivity contribution in [2.24, 2.45) is 4.99 Å². The number of hydrogen-bond acceptors (Lipinski definition) is 11. The van der Waals surface area contributed by atoms with Crippen LogP contribution < -0.4 is 15.0 Å². The van der Waals surface area contributed by atoms with Gasteiger partial charge in [-0.15, -0.1) is 21.5 Å². The van der Waals surface area contributed by atoms with E-state index in [1.807, 2.05) is 19.1 Å². The van der Waals surface area contributed by atoms with Gasteiger partial charge in [-0.05, 0) is 136 Å². The monoisotopic (exact) mass is 886 g/mol. The van der Waals surface area contributed by atoms with Crippen molar-refractivity contribution >= 4 is 22.7 Å². The highest BCUT2D eigenvalue weighted by Crippen LogP contribution is 2.47. The van der Waals surface area contributed by atoms with Gasteiger partial charge in [0.1, 0.15) is 41.2 Å². The Bertz CT molecular complexity index is 2730. The van der Waals surface area contributed by atoms with E-state index in [1.165, 1.54) is 38.4 Å². The van der Waals surface area contributed by atoms with E-state index in [1.54, 1.807) is 23.8 Å². The SMILES string of the molecule is Cc1sc2c(c1C)C(c1ccc(N3CCCN(CCCNCCOc4ccc([C@@H]5c6ccc(O)cc6CC[C@@H]5c5ccccc5)cc4)CC3)cc1)=NC(Cc1ncco1)c1nnc(C)n1-2. The molecule has 11 nitrogen and oxygen atoms in total. The number of aromatic hydroxyl groups is 1. The molecule has 4 aromatic carbocycles. The number of phenolic OH excluding ortho intramolecular Hbond substituents is 1. The summed E-state index contributed by atoms with van der Waals surface area (Å²) < 4.78 is 14.0. The van der Waals surface area contributed by atoms with E-state index in [0.717, 1.165) is 111 Å². The Morgan fingerprint density at radius 2 is 1.72 bits per heavy atom. The molecule has 10 rings (SSSR count). The second-order valence-corrected chi connectivity index (χ2v) is 18.9. The van der Waals surface area contributed by atoms with Gasteiger partial charge >= 0.3 is 0 Å². The van der Waals surface area contributed by atoms with Crippen LogP contribution in [0.3, 0.4) is 0 Å². The Kier molecular flexibility index (Phi) is 12.6. The fourth-order valence-corrected chi connectivity index (χ4v) is 11.4. The van der Waals surface area contributed by atoms with E-state index in [2.05, 4.69) is 134 Å². The zero-order valence-corrected chi connectivity index (χ0v) is 38.4. The van der Waals surface area contributed by atoms with E-state index in [9.17, 15) is 5.11 Å². The number of fused-ring (bicyclic) bond motifs is 4. The maximum atomic E-state index is 10.2. The van der Waals surface area contributed by atoms with Gasteiger partial charge in [0.2, 0.25) is 0 Å². The van der Waals surface area contributed by atoms with E-state index < -0.39 is 0 Å². The molecule has 0 spiro atoms. The minimum absolute atomic E-state index is 0.232. The lowest BCUT2D eigenvalue weighted by Crippen LogP contribution is -2.33. The number of benzene rings is 4. The maximum absolute atomic E-state index is 10.2. The second kappa shape index (κ2) is 19.2. The van der Waals surface area contributed by atoms with Crippen molar-refractivity contribution in [3.63, 3.8) is 0 Å². The summed E-state index contributed by atoms with van der Waals surface area (Å²) >= 11 is 1.78. The highest BCUT2D eigenvalue weighted by molar-refractivity contribution is 7.15. The lowest BCUT2D eigenvalue weighted by atomic mass is 9.69. The smallest absolute Gasteiger partial charge is 0.196 e. The number of anilines is 1. The highest BCUT2D eigenvalue weighted by atomic mass is 32.1. The van der Waals surface area contributed by atoms with Gasteiger partial charge in [0.25, 0.3) is 0 Å². The van der Waals surface area contributed by atoms with Crippen LogP contribution in [0.25, 0.3) is 5.00 Å². The van der Waals surface area contributed by atoms with E-state index >= 15 is 0 Å². The number of aryl methyl sites for hydroxylation is 3. The van der Waals surface area contributed by atoms with Crippen molar-refractivity contribution < 1.29 is 14.3 Å². The molecule has 2 N–H and O–H groups in total. The number of phenols is 1. The molecule has 0 saturated carbocycles. The number of nitrogens with one attached hydrogen (secondary N) is 1. The number of thiophene rings is 1. The van der Waals surface area contributed by atoms with Gasteiger partial charge in [0.05, 0.1) is 18.3 Å². The molecule has 2 aliphatic heterocycles. The molecule has 334 valence electrons. The van der Waals surface area contributed by atoms with Crippen LogP contribution in [0.4, 0.5) is 5.69 Å². The van der Waals surface area contributed by atoms with Gasteiger partial charge in [-0.2, -0.15) is 0 Å². The molecular formula is C53H58N8O3S. The van der Waals surface area contributed by atoms with Crippen molar-refractivity contribution in [2.45, 2.75) is 70.8 Å². The molecule has 3 aromatic heterocycles. The molecule has 1 aliphatic carbocycles. The van der Waals surface area contributed by atoms with E-state index in [0.29, 0.717) is 30.6 Å². The molecule has 65 heavy (non-hydrogen) atoms. The van der Waals surface area contributed by atoms with Gasteiger partial charge in [0, 0.05) is 53.8 Å². The average molecular weight is 887 g/mol. The Balaban J connectivity index is 0.703. The number of aliphatic imine (C=N–C) groups is 1. The van der Waals surface area contributed by atoms with Gasteiger partial charge in [-0.1, -0.05) is 60.7 Å².